The van der Waals surface area contributed by atoms with Gasteiger partial charge in [0.15, 0.2) is 0 Å². The number of benzene rings is 3. The molecule has 1 aromatic heterocycles. The van der Waals surface area contributed by atoms with E-state index in [1.165, 1.54) is 17.0 Å². The van der Waals surface area contributed by atoms with Crippen LogP contribution in [0.25, 0.3) is 5.69 Å². The Morgan fingerprint density at radius 2 is 1.66 bits per heavy atom. The topological polar surface area (TPSA) is 81.4 Å². The summed E-state index contributed by atoms with van der Waals surface area (Å²) in [7, 11) is 0. The maximum absolute atomic E-state index is 14.1. The zero-order valence-corrected chi connectivity index (χ0v) is 21.0. The number of urea groups is 1. The predicted molar refractivity (Wildman–Crippen MR) is 144 cm³/mol. The number of para-hydroxylation sites is 2. The maximum atomic E-state index is 14.1. The molecule has 2 heterocycles. The molecule has 5 rings (SSSR count). The molecule has 0 fully saturated rings. The van der Waals surface area contributed by atoms with Crippen molar-refractivity contribution in [2.45, 2.75) is 25.9 Å². The Bertz CT molecular complexity index is 1520. The fourth-order valence-corrected chi connectivity index (χ4v) is 4.76. The number of nitrogens with one attached hydrogen (secondary N) is 1. The van der Waals surface area contributed by atoms with E-state index in [0.717, 1.165) is 16.9 Å². The van der Waals surface area contributed by atoms with Gasteiger partial charge in [0.2, 0.25) is 5.91 Å². The molecule has 38 heavy (non-hydrogen) atoms. The van der Waals surface area contributed by atoms with E-state index in [2.05, 4.69) is 5.32 Å². The van der Waals surface area contributed by atoms with Gasteiger partial charge in [-0.25, -0.2) is 9.18 Å². The highest BCUT2D eigenvalue weighted by atomic mass is 19.1. The molecule has 0 radical (unpaired) electrons. The lowest BCUT2D eigenvalue weighted by atomic mass is 9.97. The van der Waals surface area contributed by atoms with Gasteiger partial charge < -0.3 is 14.8 Å². The number of aromatic nitrogens is 1. The highest BCUT2D eigenvalue weighted by molar-refractivity contribution is 6.01. The SMILES string of the molecule is CC(C)N(CC(=O)N1c2ccccc2-n2cccc2C1c1ccc(F)cc1)C(=O)Nc1ccc(C#N)cc1. The van der Waals surface area contributed by atoms with Crippen LogP contribution in [0.5, 0.6) is 0 Å². The molecule has 1 atom stereocenters. The second kappa shape index (κ2) is 10.2. The highest BCUT2D eigenvalue weighted by Gasteiger charge is 2.37. The minimum Gasteiger partial charge on any atom is -0.316 e. The molecule has 1 aliphatic heterocycles. The predicted octanol–water partition coefficient (Wildman–Crippen LogP) is 5.87. The van der Waals surface area contributed by atoms with Gasteiger partial charge in [0.05, 0.1) is 28.7 Å². The van der Waals surface area contributed by atoms with Crippen molar-refractivity contribution in [2.75, 3.05) is 16.8 Å². The number of fused-ring (bicyclic) bond motifs is 3. The number of carbonyl (C=O) groups is 2. The van der Waals surface area contributed by atoms with Crippen molar-refractivity contribution in [3.63, 3.8) is 0 Å². The Morgan fingerprint density at radius 1 is 0.974 bits per heavy atom. The highest BCUT2D eigenvalue weighted by Crippen LogP contribution is 2.42. The van der Waals surface area contributed by atoms with Crippen molar-refractivity contribution >= 4 is 23.3 Å². The summed E-state index contributed by atoms with van der Waals surface area (Å²) in [6, 6.07) is 25.0. The van der Waals surface area contributed by atoms with Crippen LogP contribution in [-0.2, 0) is 4.79 Å². The second-order valence-electron chi connectivity index (χ2n) is 9.35. The average Bonchev–Trinajstić information content (AvgIpc) is 3.41. The molecule has 3 aromatic carbocycles. The molecule has 0 bridgehead atoms. The van der Waals surface area contributed by atoms with Crippen LogP contribution in [0.15, 0.2) is 91.1 Å². The van der Waals surface area contributed by atoms with Gasteiger partial charge in [-0.2, -0.15) is 5.26 Å². The largest absolute Gasteiger partial charge is 0.322 e. The van der Waals surface area contributed by atoms with Crippen LogP contribution in [-0.4, -0.2) is 34.0 Å². The standard InChI is InChI=1S/C30H26FN5O2/c1-20(2)35(30(38)33-24-15-9-21(18-32)10-16-24)19-28(37)36-26-7-4-3-6-25(26)34-17-5-8-27(34)29(36)22-11-13-23(31)14-12-22/h3-17,20,29H,19H2,1-2H3,(H,33,38). The van der Waals surface area contributed by atoms with Crippen LogP contribution in [0.4, 0.5) is 20.6 Å². The lowest BCUT2D eigenvalue weighted by Crippen LogP contribution is -2.49. The third-order valence-electron chi connectivity index (χ3n) is 6.63. The van der Waals surface area contributed by atoms with E-state index in [1.54, 1.807) is 41.3 Å². The van der Waals surface area contributed by atoms with Gasteiger partial charge in [0.25, 0.3) is 0 Å². The van der Waals surface area contributed by atoms with Crippen molar-refractivity contribution in [3.8, 4) is 11.8 Å². The molecule has 3 amide bonds. The van der Waals surface area contributed by atoms with E-state index < -0.39 is 12.1 Å². The molecule has 0 saturated heterocycles. The van der Waals surface area contributed by atoms with Crippen LogP contribution < -0.4 is 10.2 Å². The molecule has 1 unspecified atom stereocenters. The minimum absolute atomic E-state index is 0.174. The fourth-order valence-electron chi connectivity index (χ4n) is 4.76. The van der Waals surface area contributed by atoms with Crippen LogP contribution in [0.3, 0.4) is 0 Å². The van der Waals surface area contributed by atoms with Gasteiger partial charge in [-0.1, -0.05) is 24.3 Å². The van der Waals surface area contributed by atoms with E-state index in [9.17, 15) is 14.0 Å². The monoisotopic (exact) mass is 507 g/mol. The first-order chi connectivity index (χ1) is 18.4. The first-order valence-corrected chi connectivity index (χ1v) is 12.3. The summed E-state index contributed by atoms with van der Waals surface area (Å²) in [5.74, 6) is -0.633. The molecule has 1 aliphatic rings. The summed E-state index contributed by atoms with van der Waals surface area (Å²) in [5, 5.41) is 11.8. The Kier molecular flexibility index (Phi) is 6.67. The number of rotatable bonds is 5. The Labute approximate surface area is 220 Å². The fraction of sp³-hybridized carbons (Fsp3) is 0.167. The maximum Gasteiger partial charge on any atom is 0.322 e. The van der Waals surface area contributed by atoms with Crippen molar-refractivity contribution in [1.82, 2.24) is 9.47 Å². The van der Waals surface area contributed by atoms with E-state index in [4.69, 9.17) is 5.26 Å². The summed E-state index contributed by atoms with van der Waals surface area (Å²) in [4.78, 5) is 30.5. The molecule has 4 aromatic rings. The zero-order valence-electron chi connectivity index (χ0n) is 21.0. The number of amides is 3. The number of nitrogens with zero attached hydrogens (tertiary/aromatic N) is 4. The van der Waals surface area contributed by atoms with Crippen LogP contribution >= 0.6 is 0 Å². The van der Waals surface area contributed by atoms with Gasteiger partial charge in [0.1, 0.15) is 18.4 Å². The van der Waals surface area contributed by atoms with Gasteiger partial charge in [-0.15, -0.1) is 0 Å². The minimum atomic E-state index is -0.511. The molecular weight excluding hydrogens is 481 g/mol. The summed E-state index contributed by atoms with van der Waals surface area (Å²) >= 11 is 0. The van der Waals surface area contributed by atoms with Gasteiger partial charge in [-0.05, 0) is 80.1 Å². The lowest BCUT2D eigenvalue weighted by molar-refractivity contribution is -0.119. The molecule has 0 spiro atoms. The lowest BCUT2D eigenvalue weighted by Gasteiger charge is -2.40. The van der Waals surface area contributed by atoms with E-state index in [1.807, 2.05) is 67.1 Å². The third-order valence-corrected chi connectivity index (χ3v) is 6.63. The summed E-state index contributed by atoms with van der Waals surface area (Å²) in [5.41, 5.74) is 4.18. The van der Waals surface area contributed by atoms with Crippen molar-refractivity contribution in [2.24, 2.45) is 0 Å². The molecule has 0 aliphatic carbocycles. The van der Waals surface area contributed by atoms with Crippen molar-refractivity contribution in [1.29, 1.82) is 5.26 Å². The van der Waals surface area contributed by atoms with Crippen molar-refractivity contribution < 1.29 is 14.0 Å². The number of nitriles is 1. The smallest absolute Gasteiger partial charge is 0.316 e. The Hall–Kier alpha value is -4.90. The van der Waals surface area contributed by atoms with Gasteiger partial charge in [0, 0.05) is 17.9 Å². The van der Waals surface area contributed by atoms with Crippen LogP contribution in [0, 0.1) is 17.1 Å². The molecule has 0 saturated carbocycles. The molecule has 7 nitrogen and oxygen atoms in total. The average molecular weight is 508 g/mol. The summed E-state index contributed by atoms with van der Waals surface area (Å²) in [6.45, 7) is 3.52. The molecule has 190 valence electrons. The van der Waals surface area contributed by atoms with Crippen LogP contribution in [0.2, 0.25) is 0 Å². The van der Waals surface area contributed by atoms with E-state index in [0.29, 0.717) is 16.9 Å². The number of hydrogen-bond acceptors (Lipinski definition) is 3. The second-order valence-corrected chi connectivity index (χ2v) is 9.35. The quantitative estimate of drug-likeness (QED) is 0.367. The zero-order chi connectivity index (χ0) is 26.8. The normalized spacial score (nSPS) is 13.9. The molecular formula is C30H26FN5O2. The van der Waals surface area contributed by atoms with Crippen molar-refractivity contribution in [3.05, 3.63) is 114 Å². The first kappa shape index (κ1) is 24.8. The van der Waals surface area contributed by atoms with Gasteiger partial charge >= 0.3 is 6.03 Å². The summed E-state index contributed by atoms with van der Waals surface area (Å²) in [6.07, 6.45) is 1.94. The Balaban J connectivity index is 1.49. The van der Waals surface area contributed by atoms with Gasteiger partial charge in [-0.3, -0.25) is 9.69 Å². The molecule has 1 N–H and O–H groups in total. The summed E-state index contributed by atoms with van der Waals surface area (Å²) < 4.78 is 15.8. The van der Waals surface area contributed by atoms with Crippen LogP contribution in [0.1, 0.15) is 36.7 Å². The Morgan fingerprint density at radius 3 is 2.32 bits per heavy atom. The number of hydrogen-bond donors (Lipinski definition) is 1. The van der Waals surface area contributed by atoms with E-state index in [-0.39, 0.29) is 24.3 Å². The number of halogens is 1. The third kappa shape index (κ3) is 4.62. The molecule has 8 heteroatoms. The first-order valence-electron chi connectivity index (χ1n) is 12.3. The number of carbonyl (C=O) groups excluding carboxylic acids is 2. The van der Waals surface area contributed by atoms with E-state index >= 15 is 0 Å². The number of anilines is 2.